The molecule has 1 unspecified atom stereocenters. The van der Waals surface area contributed by atoms with E-state index in [9.17, 15) is 5.11 Å². The van der Waals surface area contributed by atoms with Gasteiger partial charge >= 0.3 is 0 Å². The molecule has 0 saturated carbocycles. The number of nitrogens with zero attached hydrogens (tertiary/aromatic N) is 3. The van der Waals surface area contributed by atoms with E-state index in [1.807, 2.05) is 12.1 Å². The third-order valence-corrected chi connectivity index (χ3v) is 4.49. The van der Waals surface area contributed by atoms with Crippen LogP contribution in [0.5, 0.6) is 5.75 Å². The second kappa shape index (κ2) is 8.39. The molecule has 0 radical (unpaired) electrons. The highest BCUT2D eigenvalue weighted by Gasteiger charge is 2.22. The molecular weight excluding hydrogens is 314 g/mol. The lowest BCUT2D eigenvalue weighted by molar-refractivity contribution is 0.112. The number of anilines is 1. The molecule has 0 amide bonds. The van der Waals surface area contributed by atoms with Crippen molar-refractivity contribution in [2.45, 2.75) is 25.9 Å². The van der Waals surface area contributed by atoms with Gasteiger partial charge in [-0.25, -0.2) is 0 Å². The Balaban J connectivity index is 2.05. The Bertz CT molecular complexity index is 566. The maximum Gasteiger partial charge on any atom is 0.160 e. The van der Waals surface area contributed by atoms with E-state index in [0.717, 1.165) is 44.0 Å². The minimum absolute atomic E-state index is 0.183. The fourth-order valence-corrected chi connectivity index (χ4v) is 3.23. The van der Waals surface area contributed by atoms with Crippen molar-refractivity contribution < 1.29 is 9.84 Å². The first-order chi connectivity index (χ1) is 11.1. The van der Waals surface area contributed by atoms with Crippen molar-refractivity contribution in [3.8, 4) is 11.8 Å². The molecule has 1 aromatic rings. The highest BCUT2D eigenvalue weighted by Crippen LogP contribution is 2.37. The second-order valence-corrected chi connectivity index (χ2v) is 6.19. The molecule has 0 bridgehead atoms. The van der Waals surface area contributed by atoms with Crippen molar-refractivity contribution in [1.29, 1.82) is 5.26 Å². The highest BCUT2D eigenvalue weighted by molar-refractivity contribution is 6.32. The maximum atomic E-state index is 9.76. The molecule has 6 heteroatoms. The van der Waals surface area contributed by atoms with Crippen molar-refractivity contribution >= 4 is 17.3 Å². The van der Waals surface area contributed by atoms with Gasteiger partial charge in [0, 0.05) is 32.7 Å². The van der Waals surface area contributed by atoms with Gasteiger partial charge in [-0.15, -0.1) is 0 Å². The lowest BCUT2D eigenvalue weighted by Crippen LogP contribution is -2.48. The third kappa shape index (κ3) is 4.51. The summed E-state index contributed by atoms with van der Waals surface area (Å²) in [5.74, 6) is 0.724. The molecule has 0 aromatic heterocycles. The fourth-order valence-electron chi connectivity index (χ4n) is 2.91. The molecule has 0 aliphatic carbocycles. The Morgan fingerprint density at radius 1 is 1.35 bits per heavy atom. The molecule has 1 fully saturated rings. The van der Waals surface area contributed by atoms with Crippen molar-refractivity contribution in [2.75, 3.05) is 44.7 Å². The summed E-state index contributed by atoms with van der Waals surface area (Å²) in [6, 6.07) is 6.11. The van der Waals surface area contributed by atoms with E-state index in [-0.39, 0.29) is 6.42 Å². The monoisotopic (exact) mass is 337 g/mol. The van der Waals surface area contributed by atoms with Crippen LogP contribution in [0.15, 0.2) is 12.1 Å². The lowest BCUT2D eigenvalue weighted by Gasteiger charge is -2.37. The summed E-state index contributed by atoms with van der Waals surface area (Å²) in [6.45, 7) is 6.04. The minimum Gasteiger partial charge on any atom is -0.493 e. The molecule has 1 saturated heterocycles. The van der Waals surface area contributed by atoms with Gasteiger partial charge in [0.1, 0.15) is 0 Å². The van der Waals surface area contributed by atoms with Crippen LogP contribution in [0, 0.1) is 11.3 Å². The number of hydrogen-bond donors (Lipinski definition) is 1. The molecule has 1 N–H and O–H groups in total. The van der Waals surface area contributed by atoms with Gasteiger partial charge in [-0.05, 0) is 24.1 Å². The molecule has 23 heavy (non-hydrogen) atoms. The zero-order chi connectivity index (χ0) is 16.8. The number of halogens is 1. The number of aliphatic hydroxyl groups is 1. The topological polar surface area (TPSA) is 59.7 Å². The number of benzene rings is 1. The van der Waals surface area contributed by atoms with E-state index in [2.05, 4.69) is 22.8 Å². The molecule has 1 heterocycles. The van der Waals surface area contributed by atoms with Gasteiger partial charge in [0.05, 0.1) is 36.4 Å². The Morgan fingerprint density at radius 2 is 2.04 bits per heavy atom. The summed E-state index contributed by atoms with van der Waals surface area (Å²) >= 11 is 6.34. The normalized spacial score (nSPS) is 16.9. The van der Waals surface area contributed by atoms with Crippen LogP contribution >= 0.6 is 11.6 Å². The van der Waals surface area contributed by atoms with Crippen LogP contribution in [0.25, 0.3) is 0 Å². The molecule has 1 aromatic carbocycles. The van der Waals surface area contributed by atoms with Crippen LogP contribution in [0.4, 0.5) is 5.69 Å². The molecule has 1 aliphatic rings. The predicted molar refractivity (Wildman–Crippen MR) is 92.3 cm³/mol. The summed E-state index contributed by atoms with van der Waals surface area (Å²) in [4.78, 5) is 4.47. The number of aryl methyl sites for hydroxylation is 1. The van der Waals surface area contributed by atoms with E-state index >= 15 is 0 Å². The summed E-state index contributed by atoms with van der Waals surface area (Å²) in [5, 5.41) is 19.0. The molecule has 5 nitrogen and oxygen atoms in total. The largest absolute Gasteiger partial charge is 0.493 e. The molecular formula is C17H24ClN3O2. The van der Waals surface area contributed by atoms with Crippen LogP contribution in [0.1, 0.15) is 18.9 Å². The number of hydrogen-bond acceptors (Lipinski definition) is 5. The third-order valence-electron chi connectivity index (χ3n) is 4.20. The van der Waals surface area contributed by atoms with E-state index in [1.165, 1.54) is 5.56 Å². The van der Waals surface area contributed by atoms with Gasteiger partial charge in [-0.3, -0.25) is 4.90 Å². The smallest absolute Gasteiger partial charge is 0.160 e. The Morgan fingerprint density at radius 3 is 2.61 bits per heavy atom. The lowest BCUT2D eigenvalue weighted by atomic mass is 10.1. The number of nitriles is 1. The average molecular weight is 338 g/mol. The van der Waals surface area contributed by atoms with Crippen LogP contribution in [-0.2, 0) is 6.42 Å². The number of piperazine rings is 1. The van der Waals surface area contributed by atoms with Crippen LogP contribution in [0.3, 0.4) is 0 Å². The van der Waals surface area contributed by atoms with E-state index in [0.29, 0.717) is 11.6 Å². The predicted octanol–water partition coefficient (Wildman–Crippen LogP) is 2.31. The molecule has 0 spiro atoms. The van der Waals surface area contributed by atoms with Crippen LogP contribution in [-0.4, -0.2) is 55.9 Å². The first-order valence-electron chi connectivity index (χ1n) is 7.97. The maximum absolute atomic E-state index is 9.76. The summed E-state index contributed by atoms with van der Waals surface area (Å²) in [5.41, 5.74) is 2.23. The van der Waals surface area contributed by atoms with Crippen LogP contribution < -0.4 is 9.64 Å². The van der Waals surface area contributed by atoms with Crippen LogP contribution in [0.2, 0.25) is 5.02 Å². The van der Waals surface area contributed by atoms with Crippen molar-refractivity contribution in [3.05, 3.63) is 22.7 Å². The van der Waals surface area contributed by atoms with Gasteiger partial charge in [0.15, 0.2) is 5.75 Å². The Hall–Kier alpha value is -1.48. The molecule has 1 aliphatic heterocycles. The van der Waals surface area contributed by atoms with E-state index < -0.39 is 6.10 Å². The summed E-state index contributed by atoms with van der Waals surface area (Å²) in [7, 11) is 1.64. The second-order valence-electron chi connectivity index (χ2n) is 5.79. The van der Waals surface area contributed by atoms with Gasteiger partial charge < -0.3 is 14.7 Å². The zero-order valence-corrected chi connectivity index (χ0v) is 14.5. The standard InChI is InChI=1S/C17H24ClN3O2/c1-3-13-10-15(18)17(23-2)16(11-13)21-8-6-20(7-9-21)12-14(22)4-5-19/h10-11,14,22H,3-4,6-9,12H2,1-2H3. The number of methoxy groups -OCH3 is 1. The van der Waals surface area contributed by atoms with Gasteiger partial charge in [0.25, 0.3) is 0 Å². The summed E-state index contributed by atoms with van der Waals surface area (Å²) < 4.78 is 5.49. The van der Waals surface area contributed by atoms with Crippen molar-refractivity contribution in [2.24, 2.45) is 0 Å². The number of β-amino-alcohol motifs (C(OH)–C–C–N with tert-alkyl or cyclic N) is 1. The molecule has 126 valence electrons. The molecule has 1 atom stereocenters. The zero-order valence-electron chi connectivity index (χ0n) is 13.8. The molecule has 2 rings (SSSR count). The Labute approximate surface area is 143 Å². The Kier molecular flexibility index (Phi) is 6.52. The van der Waals surface area contributed by atoms with E-state index in [4.69, 9.17) is 21.6 Å². The number of aliphatic hydroxyl groups excluding tert-OH is 1. The van der Waals surface area contributed by atoms with Gasteiger partial charge in [-0.1, -0.05) is 18.5 Å². The van der Waals surface area contributed by atoms with E-state index in [1.54, 1.807) is 7.11 Å². The summed E-state index contributed by atoms with van der Waals surface area (Å²) in [6.07, 6.45) is 0.540. The van der Waals surface area contributed by atoms with Crippen molar-refractivity contribution in [1.82, 2.24) is 4.90 Å². The highest BCUT2D eigenvalue weighted by atomic mass is 35.5. The fraction of sp³-hybridized carbons (Fsp3) is 0.588. The van der Waals surface area contributed by atoms with Gasteiger partial charge in [0.2, 0.25) is 0 Å². The van der Waals surface area contributed by atoms with Crippen molar-refractivity contribution in [3.63, 3.8) is 0 Å². The quantitative estimate of drug-likeness (QED) is 0.863. The first kappa shape index (κ1) is 17.9. The number of rotatable bonds is 6. The SMILES string of the molecule is CCc1cc(Cl)c(OC)c(N2CCN(CC(O)CC#N)CC2)c1. The average Bonchev–Trinajstić information content (AvgIpc) is 2.55. The first-order valence-corrected chi connectivity index (χ1v) is 8.35. The number of ether oxygens (including phenoxy) is 1. The van der Waals surface area contributed by atoms with Gasteiger partial charge in [-0.2, -0.15) is 5.26 Å². The minimum atomic E-state index is -0.570.